The lowest BCUT2D eigenvalue weighted by Crippen LogP contribution is -2.28. The highest BCUT2D eigenvalue weighted by Crippen LogP contribution is 2.21. The molecule has 18 heavy (non-hydrogen) atoms. The van der Waals surface area contributed by atoms with Gasteiger partial charge in [0.05, 0.1) is 6.10 Å². The molecule has 2 rings (SSSR count). The molecule has 0 aromatic heterocycles. The molecule has 0 saturated carbocycles. The smallest absolute Gasteiger partial charge is 0.253 e. The Hall–Kier alpha value is -1.39. The highest BCUT2D eigenvalue weighted by atomic mass is 16.5. The van der Waals surface area contributed by atoms with Gasteiger partial charge in [-0.2, -0.15) is 0 Å². The van der Waals surface area contributed by atoms with Crippen LogP contribution in [0.2, 0.25) is 0 Å². The molecule has 1 fully saturated rings. The molecule has 1 saturated heterocycles. The van der Waals surface area contributed by atoms with Crippen molar-refractivity contribution < 1.29 is 9.53 Å². The van der Waals surface area contributed by atoms with Crippen LogP contribution in [0.15, 0.2) is 24.3 Å². The van der Waals surface area contributed by atoms with Crippen LogP contribution in [0, 0.1) is 0 Å². The van der Waals surface area contributed by atoms with Crippen molar-refractivity contribution in [1.29, 1.82) is 0 Å². The zero-order chi connectivity index (χ0) is 13.0. The first-order valence-corrected chi connectivity index (χ1v) is 6.39. The number of amides is 1. The summed E-state index contributed by atoms with van der Waals surface area (Å²) < 4.78 is 5.57. The van der Waals surface area contributed by atoms with Crippen LogP contribution in [0.4, 0.5) is 5.69 Å². The SMILES string of the molecule is CNCc1ccccc1NC(=O)C1CCC(C)O1. The van der Waals surface area contributed by atoms with E-state index in [1.165, 1.54) is 0 Å². The summed E-state index contributed by atoms with van der Waals surface area (Å²) in [6.45, 7) is 2.74. The van der Waals surface area contributed by atoms with Gasteiger partial charge in [0.15, 0.2) is 0 Å². The number of rotatable bonds is 4. The van der Waals surface area contributed by atoms with E-state index >= 15 is 0 Å². The van der Waals surface area contributed by atoms with Crippen molar-refractivity contribution >= 4 is 11.6 Å². The predicted molar refractivity (Wildman–Crippen MR) is 71.4 cm³/mol. The molecule has 1 aromatic carbocycles. The molecular formula is C14H20N2O2. The topological polar surface area (TPSA) is 50.4 Å². The minimum Gasteiger partial charge on any atom is -0.365 e. The summed E-state index contributed by atoms with van der Waals surface area (Å²) in [6.07, 6.45) is 1.65. The van der Waals surface area contributed by atoms with E-state index in [1.807, 2.05) is 38.2 Å². The third kappa shape index (κ3) is 3.09. The van der Waals surface area contributed by atoms with Gasteiger partial charge >= 0.3 is 0 Å². The maximum absolute atomic E-state index is 12.1. The van der Waals surface area contributed by atoms with Crippen LogP contribution in [-0.4, -0.2) is 25.2 Å². The molecule has 2 unspecified atom stereocenters. The number of anilines is 1. The van der Waals surface area contributed by atoms with Crippen molar-refractivity contribution in [1.82, 2.24) is 5.32 Å². The highest BCUT2D eigenvalue weighted by molar-refractivity contribution is 5.95. The molecule has 2 N–H and O–H groups in total. The summed E-state index contributed by atoms with van der Waals surface area (Å²) in [5.74, 6) is -0.0390. The van der Waals surface area contributed by atoms with Gasteiger partial charge in [0.1, 0.15) is 6.10 Å². The molecule has 1 aliphatic heterocycles. The molecule has 1 aromatic rings. The standard InChI is InChI=1S/C14H20N2O2/c1-10-7-8-13(18-10)14(17)16-12-6-4-3-5-11(12)9-15-2/h3-6,10,13,15H,7-9H2,1-2H3,(H,16,17). The largest absolute Gasteiger partial charge is 0.365 e. The molecule has 1 aliphatic rings. The first kappa shape index (κ1) is 13.1. The Kier molecular flexibility index (Phi) is 4.33. The van der Waals surface area contributed by atoms with Crippen molar-refractivity contribution in [3.8, 4) is 0 Å². The van der Waals surface area contributed by atoms with Crippen molar-refractivity contribution in [3.05, 3.63) is 29.8 Å². The summed E-state index contributed by atoms with van der Waals surface area (Å²) in [5.41, 5.74) is 1.94. The zero-order valence-electron chi connectivity index (χ0n) is 10.9. The maximum Gasteiger partial charge on any atom is 0.253 e. The van der Waals surface area contributed by atoms with E-state index in [1.54, 1.807) is 0 Å². The molecular weight excluding hydrogens is 228 g/mol. The average molecular weight is 248 g/mol. The predicted octanol–water partition coefficient (Wildman–Crippen LogP) is 1.91. The third-order valence-corrected chi connectivity index (χ3v) is 3.17. The van der Waals surface area contributed by atoms with Gasteiger partial charge in [0.2, 0.25) is 0 Å². The summed E-state index contributed by atoms with van der Waals surface area (Å²) in [4.78, 5) is 12.1. The average Bonchev–Trinajstić information content (AvgIpc) is 2.79. The van der Waals surface area contributed by atoms with Gasteiger partial charge in [-0.3, -0.25) is 4.79 Å². The molecule has 2 atom stereocenters. The number of hydrogen-bond donors (Lipinski definition) is 2. The van der Waals surface area contributed by atoms with E-state index in [-0.39, 0.29) is 18.1 Å². The van der Waals surface area contributed by atoms with Crippen molar-refractivity contribution in [3.63, 3.8) is 0 Å². The van der Waals surface area contributed by atoms with E-state index in [9.17, 15) is 4.79 Å². The minimum atomic E-state index is -0.303. The lowest BCUT2D eigenvalue weighted by atomic mass is 10.1. The van der Waals surface area contributed by atoms with Crippen molar-refractivity contribution in [2.75, 3.05) is 12.4 Å². The number of hydrogen-bond acceptors (Lipinski definition) is 3. The van der Waals surface area contributed by atoms with Crippen molar-refractivity contribution in [2.24, 2.45) is 0 Å². The van der Waals surface area contributed by atoms with Crippen LogP contribution < -0.4 is 10.6 Å². The molecule has 4 heteroatoms. The Morgan fingerprint density at radius 1 is 1.39 bits per heavy atom. The van der Waals surface area contributed by atoms with Crippen LogP contribution in [-0.2, 0) is 16.1 Å². The number of carbonyl (C=O) groups excluding carboxylic acids is 1. The quantitative estimate of drug-likeness (QED) is 0.855. The summed E-state index contributed by atoms with van der Waals surface area (Å²) in [5, 5.41) is 6.05. The highest BCUT2D eigenvalue weighted by Gasteiger charge is 2.28. The Labute approximate surface area is 108 Å². The van der Waals surface area contributed by atoms with Crippen LogP contribution in [0.5, 0.6) is 0 Å². The molecule has 0 aliphatic carbocycles. The fraction of sp³-hybridized carbons (Fsp3) is 0.500. The molecule has 0 bridgehead atoms. The van der Waals surface area contributed by atoms with E-state index in [0.717, 1.165) is 30.6 Å². The van der Waals surface area contributed by atoms with Gasteiger partial charge in [-0.05, 0) is 38.4 Å². The lowest BCUT2D eigenvalue weighted by Gasteiger charge is -2.14. The lowest BCUT2D eigenvalue weighted by molar-refractivity contribution is -0.126. The van der Waals surface area contributed by atoms with Crippen LogP contribution in [0.25, 0.3) is 0 Å². The Morgan fingerprint density at radius 2 is 2.17 bits per heavy atom. The first-order chi connectivity index (χ1) is 8.70. The molecule has 0 radical (unpaired) electrons. The van der Waals surface area contributed by atoms with Crippen LogP contribution >= 0.6 is 0 Å². The van der Waals surface area contributed by atoms with Gasteiger partial charge in [0.25, 0.3) is 5.91 Å². The number of benzene rings is 1. The molecule has 98 valence electrons. The van der Waals surface area contributed by atoms with E-state index in [4.69, 9.17) is 4.74 Å². The van der Waals surface area contributed by atoms with E-state index < -0.39 is 0 Å². The maximum atomic E-state index is 12.1. The van der Waals surface area contributed by atoms with Gasteiger partial charge in [-0.25, -0.2) is 0 Å². The van der Waals surface area contributed by atoms with E-state index in [0.29, 0.717) is 0 Å². The summed E-state index contributed by atoms with van der Waals surface area (Å²) in [6, 6.07) is 7.82. The second-order valence-electron chi connectivity index (χ2n) is 4.69. The van der Waals surface area contributed by atoms with Gasteiger partial charge in [-0.1, -0.05) is 18.2 Å². The second kappa shape index (κ2) is 5.98. The van der Waals surface area contributed by atoms with Gasteiger partial charge in [0, 0.05) is 12.2 Å². The molecule has 1 amide bonds. The third-order valence-electron chi connectivity index (χ3n) is 3.17. The molecule has 1 heterocycles. The fourth-order valence-electron chi connectivity index (χ4n) is 2.20. The Balaban J connectivity index is 2.02. The summed E-state index contributed by atoms with van der Waals surface area (Å²) in [7, 11) is 1.89. The van der Waals surface area contributed by atoms with Gasteiger partial charge in [-0.15, -0.1) is 0 Å². The van der Waals surface area contributed by atoms with Crippen molar-refractivity contribution in [2.45, 2.75) is 38.5 Å². The number of carbonyl (C=O) groups is 1. The summed E-state index contributed by atoms with van der Waals surface area (Å²) >= 11 is 0. The number of para-hydroxylation sites is 1. The Morgan fingerprint density at radius 3 is 2.83 bits per heavy atom. The van der Waals surface area contributed by atoms with Crippen LogP contribution in [0.3, 0.4) is 0 Å². The fourth-order valence-corrected chi connectivity index (χ4v) is 2.20. The molecule has 0 spiro atoms. The second-order valence-corrected chi connectivity index (χ2v) is 4.69. The Bertz CT molecular complexity index is 420. The van der Waals surface area contributed by atoms with Gasteiger partial charge < -0.3 is 15.4 Å². The number of nitrogens with one attached hydrogen (secondary N) is 2. The number of ether oxygens (including phenoxy) is 1. The van der Waals surface area contributed by atoms with Crippen LogP contribution in [0.1, 0.15) is 25.3 Å². The first-order valence-electron chi connectivity index (χ1n) is 6.39. The molecule has 4 nitrogen and oxygen atoms in total. The monoisotopic (exact) mass is 248 g/mol. The normalized spacial score (nSPS) is 23.0. The van der Waals surface area contributed by atoms with E-state index in [2.05, 4.69) is 10.6 Å². The zero-order valence-corrected chi connectivity index (χ0v) is 10.9. The minimum absolute atomic E-state index is 0.0390.